The number of hydrogen-bond acceptors (Lipinski definition) is 3. The average molecular weight is 284 g/mol. The third-order valence-electron chi connectivity index (χ3n) is 3.15. The lowest BCUT2D eigenvalue weighted by Crippen LogP contribution is -2.23. The Kier molecular flexibility index (Phi) is 3.64. The topological polar surface area (TPSA) is 44.1 Å². The number of nitrogens with zero attached hydrogens (tertiary/aromatic N) is 2. The van der Waals surface area contributed by atoms with Gasteiger partial charge in [0.1, 0.15) is 18.2 Å². The monoisotopic (exact) mass is 284 g/mol. The fraction of sp³-hybridized carbons (Fsp3) is 0.125. The highest BCUT2D eigenvalue weighted by Gasteiger charge is 2.03. The van der Waals surface area contributed by atoms with Gasteiger partial charge in [-0.3, -0.25) is 9.36 Å². The van der Waals surface area contributed by atoms with Crippen molar-refractivity contribution in [1.29, 1.82) is 0 Å². The molecule has 0 radical (unpaired) electrons. The van der Waals surface area contributed by atoms with Crippen molar-refractivity contribution in [1.82, 2.24) is 9.55 Å². The Morgan fingerprint density at radius 2 is 1.86 bits per heavy atom. The van der Waals surface area contributed by atoms with Gasteiger partial charge in [-0.15, -0.1) is 0 Å². The molecule has 0 spiro atoms. The predicted octanol–water partition coefficient (Wildman–Crippen LogP) is 2.61. The molecule has 5 heteroatoms. The number of fused-ring (bicyclic) bond motifs is 1. The quantitative estimate of drug-likeness (QED) is 0.739. The highest BCUT2D eigenvalue weighted by Crippen LogP contribution is 2.11. The highest BCUT2D eigenvalue weighted by molar-refractivity contribution is 5.76. The molecular formula is C16H13FN2O2. The van der Waals surface area contributed by atoms with Crippen molar-refractivity contribution in [3.05, 3.63) is 71.0 Å². The van der Waals surface area contributed by atoms with E-state index in [1.165, 1.54) is 23.0 Å². The van der Waals surface area contributed by atoms with Crippen LogP contribution in [0.5, 0.6) is 5.75 Å². The minimum Gasteiger partial charge on any atom is -0.492 e. The molecule has 3 rings (SSSR count). The first-order chi connectivity index (χ1) is 10.2. The van der Waals surface area contributed by atoms with Crippen molar-refractivity contribution in [3.63, 3.8) is 0 Å². The molecule has 0 aliphatic rings. The van der Waals surface area contributed by atoms with Gasteiger partial charge >= 0.3 is 0 Å². The number of ether oxygens (including phenoxy) is 1. The van der Waals surface area contributed by atoms with Crippen LogP contribution in [-0.2, 0) is 6.54 Å². The zero-order valence-corrected chi connectivity index (χ0v) is 11.2. The molecule has 0 fully saturated rings. The van der Waals surface area contributed by atoms with Gasteiger partial charge < -0.3 is 4.74 Å². The second-order valence-electron chi connectivity index (χ2n) is 4.56. The van der Waals surface area contributed by atoms with E-state index >= 15 is 0 Å². The van der Waals surface area contributed by atoms with Gasteiger partial charge in [0, 0.05) is 0 Å². The molecule has 0 saturated heterocycles. The Morgan fingerprint density at radius 1 is 1.10 bits per heavy atom. The van der Waals surface area contributed by atoms with Crippen LogP contribution in [0.2, 0.25) is 0 Å². The van der Waals surface area contributed by atoms with Gasteiger partial charge in [0.25, 0.3) is 5.56 Å². The maximum absolute atomic E-state index is 12.8. The van der Waals surface area contributed by atoms with E-state index in [2.05, 4.69) is 4.98 Å². The van der Waals surface area contributed by atoms with Crippen molar-refractivity contribution in [2.45, 2.75) is 6.54 Å². The Labute approximate surface area is 120 Å². The lowest BCUT2D eigenvalue weighted by atomic mass is 10.2. The van der Waals surface area contributed by atoms with Crippen molar-refractivity contribution in [3.8, 4) is 5.75 Å². The summed E-state index contributed by atoms with van der Waals surface area (Å²) in [5.41, 5.74) is 0.585. The predicted molar refractivity (Wildman–Crippen MR) is 77.9 cm³/mol. The summed E-state index contributed by atoms with van der Waals surface area (Å²) in [6.07, 6.45) is 1.51. The third kappa shape index (κ3) is 2.91. The number of benzene rings is 2. The van der Waals surface area contributed by atoms with E-state index in [1.807, 2.05) is 12.1 Å². The zero-order chi connectivity index (χ0) is 14.7. The van der Waals surface area contributed by atoms with E-state index in [-0.39, 0.29) is 11.4 Å². The number of rotatable bonds is 4. The summed E-state index contributed by atoms with van der Waals surface area (Å²) >= 11 is 0. The maximum atomic E-state index is 12.8. The summed E-state index contributed by atoms with van der Waals surface area (Å²) in [6, 6.07) is 13.0. The molecule has 0 bridgehead atoms. The van der Waals surface area contributed by atoms with Crippen molar-refractivity contribution in [2.75, 3.05) is 6.61 Å². The summed E-state index contributed by atoms with van der Waals surface area (Å²) in [7, 11) is 0. The van der Waals surface area contributed by atoms with Crippen LogP contribution in [0.15, 0.2) is 59.7 Å². The van der Waals surface area contributed by atoms with E-state index in [4.69, 9.17) is 4.74 Å². The Hall–Kier alpha value is -2.69. The molecule has 1 heterocycles. The second-order valence-corrected chi connectivity index (χ2v) is 4.56. The van der Waals surface area contributed by atoms with Crippen LogP contribution in [0, 0.1) is 5.82 Å². The molecule has 4 nitrogen and oxygen atoms in total. The fourth-order valence-electron chi connectivity index (χ4n) is 2.06. The number of aromatic nitrogens is 2. The van der Waals surface area contributed by atoms with Gasteiger partial charge in [0.15, 0.2) is 0 Å². The first-order valence-corrected chi connectivity index (χ1v) is 6.56. The van der Waals surface area contributed by atoms with Gasteiger partial charge in [-0.05, 0) is 36.4 Å². The van der Waals surface area contributed by atoms with Gasteiger partial charge in [0.2, 0.25) is 0 Å². The molecule has 0 aliphatic carbocycles. The van der Waals surface area contributed by atoms with Crippen LogP contribution >= 0.6 is 0 Å². The van der Waals surface area contributed by atoms with Crippen LogP contribution in [0.3, 0.4) is 0 Å². The molecule has 0 atom stereocenters. The van der Waals surface area contributed by atoms with Crippen molar-refractivity contribution >= 4 is 10.9 Å². The van der Waals surface area contributed by atoms with Crippen LogP contribution in [0.4, 0.5) is 4.39 Å². The normalized spacial score (nSPS) is 10.7. The molecule has 21 heavy (non-hydrogen) atoms. The maximum Gasteiger partial charge on any atom is 0.261 e. The standard InChI is InChI=1S/C16H13FN2O2/c17-12-5-7-13(8-6-12)21-10-9-19-11-18-15-4-2-1-3-14(15)16(19)20/h1-8,11H,9-10H2. The first kappa shape index (κ1) is 13.3. The first-order valence-electron chi connectivity index (χ1n) is 6.56. The van der Waals surface area contributed by atoms with Crippen LogP contribution in [0.25, 0.3) is 10.9 Å². The SMILES string of the molecule is O=c1c2ccccc2ncn1CCOc1ccc(F)cc1. The summed E-state index contributed by atoms with van der Waals surface area (Å²) in [4.78, 5) is 16.5. The van der Waals surface area contributed by atoms with Crippen molar-refractivity contribution < 1.29 is 9.13 Å². The second kappa shape index (κ2) is 5.75. The van der Waals surface area contributed by atoms with Crippen LogP contribution in [-0.4, -0.2) is 16.2 Å². The van der Waals surface area contributed by atoms with E-state index in [9.17, 15) is 9.18 Å². The fourth-order valence-corrected chi connectivity index (χ4v) is 2.06. The largest absolute Gasteiger partial charge is 0.492 e. The minimum absolute atomic E-state index is 0.0942. The summed E-state index contributed by atoms with van der Waals surface area (Å²) < 4.78 is 19.7. The lowest BCUT2D eigenvalue weighted by molar-refractivity contribution is 0.295. The number of halogens is 1. The zero-order valence-electron chi connectivity index (χ0n) is 11.2. The van der Waals surface area contributed by atoms with Gasteiger partial charge in [-0.1, -0.05) is 12.1 Å². The van der Waals surface area contributed by atoms with Crippen LogP contribution < -0.4 is 10.3 Å². The van der Waals surface area contributed by atoms with Crippen molar-refractivity contribution in [2.24, 2.45) is 0 Å². The lowest BCUT2D eigenvalue weighted by Gasteiger charge is -2.08. The average Bonchev–Trinajstić information content (AvgIpc) is 2.52. The number of para-hydroxylation sites is 1. The Morgan fingerprint density at radius 3 is 2.67 bits per heavy atom. The molecule has 2 aromatic carbocycles. The van der Waals surface area contributed by atoms with E-state index in [0.717, 1.165) is 0 Å². The number of hydrogen-bond donors (Lipinski definition) is 0. The van der Waals surface area contributed by atoms with E-state index in [0.29, 0.717) is 29.8 Å². The molecule has 0 aliphatic heterocycles. The van der Waals surface area contributed by atoms with Gasteiger partial charge in [0.05, 0.1) is 23.8 Å². The Balaban J connectivity index is 1.72. The summed E-state index contributed by atoms with van der Waals surface area (Å²) in [5.74, 6) is 0.260. The summed E-state index contributed by atoms with van der Waals surface area (Å²) in [5, 5.41) is 0.585. The molecule has 0 amide bonds. The van der Waals surface area contributed by atoms with Gasteiger partial charge in [-0.2, -0.15) is 0 Å². The molecule has 3 aromatic rings. The van der Waals surface area contributed by atoms with E-state index < -0.39 is 0 Å². The molecule has 1 aromatic heterocycles. The molecule has 106 valence electrons. The molecule has 0 saturated carbocycles. The third-order valence-corrected chi connectivity index (χ3v) is 3.15. The minimum atomic E-state index is -0.308. The van der Waals surface area contributed by atoms with Gasteiger partial charge in [-0.25, -0.2) is 9.37 Å². The molecular weight excluding hydrogens is 271 g/mol. The molecule has 0 unspecified atom stereocenters. The van der Waals surface area contributed by atoms with E-state index in [1.54, 1.807) is 24.3 Å². The summed E-state index contributed by atoms with van der Waals surface area (Å²) in [6.45, 7) is 0.694. The smallest absolute Gasteiger partial charge is 0.261 e. The Bertz CT molecular complexity index is 812. The van der Waals surface area contributed by atoms with Crippen LogP contribution in [0.1, 0.15) is 0 Å². The highest BCUT2D eigenvalue weighted by atomic mass is 19.1. The molecule has 0 N–H and O–H groups in total.